The summed E-state index contributed by atoms with van der Waals surface area (Å²) in [5, 5.41) is 0. The van der Waals surface area contributed by atoms with Crippen molar-refractivity contribution in [1.29, 1.82) is 0 Å². The van der Waals surface area contributed by atoms with Crippen molar-refractivity contribution in [3.8, 4) is 0 Å². The Labute approximate surface area is 137 Å². The number of rotatable bonds is 4. The van der Waals surface area contributed by atoms with E-state index in [0.717, 1.165) is 12.1 Å². The summed E-state index contributed by atoms with van der Waals surface area (Å²) < 4.78 is 44.7. The molecule has 0 N–H and O–H groups in total. The zero-order valence-electron chi connectivity index (χ0n) is 13.2. The number of benzene rings is 1. The van der Waals surface area contributed by atoms with E-state index in [1.165, 1.54) is 4.90 Å². The summed E-state index contributed by atoms with van der Waals surface area (Å²) >= 11 is 0. The molecular formula is C17H18F3NO3. The van der Waals surface area contributed by atoms with Gasteiger partial charge in [-0.15, -0.1) is 0 Å². The molecule has 1 saturated heterocycles. The smallest absolute Gasteiger partial charge is 0.328 e. The SMILES string of the molecule is CCOC(=O)[C@H]1CCCN1C(=O)[C@@H]1C[C@H]1c1cc(F)c(F)c(F)c1. The van der Waals surface area contributed by atoms with Gasteiger partial charge in [-0.05, 0) is 49.8 Å². The molecule has 2 fully saturated rings. The maximum Gasteiger partial charge on any atom is 0.328 e. The van der Waals surface area contributed by atoms with Gasteiger partial charge in [0.25, 0.3) is 0 Å². The van der Waals surface area contributed by atoms with Crippen LogP contribution in [0.15, 0.2) is 12.1 Å². The molecule has 1 saturated carbocycles. The van der Waals surface area contributed by atoms with Crippen LogP contribution in [0.5, 0.6) is 0 Å². The number of carbonyl (C=O) groups is 2. The van der Waals surface area contributed by atoms with Gasteiger partial charge in [0.2, 0.25) is 5.91 Å². The van der Waals surface area contributed by atoms with Gasteiger partial charge >= 0.3 is 5.97 Å². The van der Waals surface area contributed by atoms with Crippen molar-refractivity contribution >= 4 is 11.9 Å². The highest BCUT2D eigenvalue weighted by Gasteiger charge is 2.49. The molecule has 7 heteroatoms. The van der Waals surface area contributed by atoms with Crippen molar-refractivity contribution in [1.82, 2.24) is 4.90 Å². The van der Waals surface area contributed by atoms with Crippen LogP contribution in [0.3, 0.4) is 0 Å². The molecule has 0 bridgehead atoms. The lowest BCUT2D eigenvalue weighted by Gasteiger charge is -2.23. The fourth-order valence-electron chi connectivity index (χ4n) is 3.35. The van der Waals surface area contributed by atoms with Gasteiger partial charge in [0.15, 0.2) is 17.5 Å². The first-order chi connectivity index (χ1) is 11.4. The second kappa shape index (κ2) is 6.45. The van der Waals surface area contributed by atoms with Gasteiger partial charge < -0.3 is 9.64 Å². The van der Waals surface area contributed by atoms with Gasteiger partial charge in [-0.3, -0.25) is 4.79 Å². The molecule has 2 aliphatic rings. The molecule has 3 rings (SSSR count). The second-order valence-electron chi connectivity index (χ2n) is 6.19. The normalized spacial score (nSPS) is 25.7. The van der Waals surface area contributed by atoms with Crippen LogP contribution in [-0.4, -0.2) is 36.0 Å². The Bertz CT molecular complexity index is 656. The van der Waals surface area contributed by atoms with Crippen LogP contribution in [0.1, 0.15) is 37.7 Å². The van der Waals surface area contributed by atoms with Crippen LogP contribution in [0.4, 0.5) is 13.2 Å². The number of esters is 1. The van der Waals surface area contributed by atoms with Crippen molar-refractivity contribution in [3.63, 3.8) is 0 Å². The van der Waals surface area contributed by atoms with Crippen LogP contribution in [0, 0.1) is 23.4 Å². The molecule has 24 heavy (non-hydrogen) atoms. The van der Waals surface area contributed by atoms with E-state index < -0.39 is 35.4 Å². The van der Waals surface area contributed by atoms with Crippen LogP contribution in [0.25, 0.3) is 0 Å². The highest BCUT2D eigenvalue weighted by Crippen LogP contribution is 2.49. The zero-order chi connectivity index (χ0) is 17.4. The highest BCUT2D eigenvalue weighted by atomic mass is 19.2. The summed E-state index contributed by atoms with van der Waals surface area (Å²) in [4.78, 5) is 26.0. The first-order valence-corrected chi connectivity index (χ1v) is 8.05. The molecule has 3 atom stereocenters. The molecule has 1 aliphatic heterocycles. The first-order valence-electron chi connectivity index (χ1n) is 8.05. The minimum atomic E-state index is -1.51. The Hall–Kier alpha value is -2.05. The number of likely N-dealkylation sites (tertiary alicyclic amines) is 1. The number of amides is 1. The third-order valence-electron chi connectivity index (χ3n) is 4.64. The van der Waals surface area contributed by atoms with Crippen LogP contribution >= 0.6 is 0 Å². The Balaban J connectivity index is 1.70. The highest BCUT2D eigenvalue weighted by molar-refractivity contribution is 5.88. The first kappa shape index (κ1) is 16.8. The monoisotopic (exact) mass is 341 g/mol. The lowest BCUT2D eigenvalue weighted by atomic mass is 10.1. The fourth-order valence-corrected chi connectivity index (χ4v) is 3.35. The molecule has 1 aromatic carbocycles. The van der Waals surface area contributed by atoms with E-state index in [-0.39, 0.29) is 24.0 Å². The Morgan fingerprint density at radius 3 is 2.54 bits per heavy atom. The topological polar surface area (TPSA) is 46.6 Å². The number of halogens is 3. The third-order valence-corrected chi connectivity index (χ3v) is 4.64. The van der Waals surface area contributed by atoms with Crippen molar-refractivity contribution in [2.24, 2.45) is 5.92 Å². The number of ether oxygens (including phenoxy) is 1. The molecule has 0 unspecified atom stereocenters. The van der Waals surface area contributed by atoms with Gasteiger partial charge in [-0.2, -0.15) is 0 Å². The average Bonchev–Trinajstić information content (AvgIpc) is 3.19. The van der Waals surface area contributed by atoms with Crippen LogP contribution in [-0.2, 0) is 14.3 Å². The van der Waals surface area contributed by atoms with Crippen molar-refractivity contribution in [2.75, 3.05) is 13.2 Å². The van der Waals surface area contributed by atoms with E-state index in [4.69, 9.17) is 4.74 Å². The Kier molecular flexibility index (Phi) is 4.51. The molecule has 4 nitrogen and oxygen atoms in total. The number of carbonyl (C=O) groups excluding carboxylic acids is 2. The number of hydrogen-bond acceptors (Lipinski definition) is 3. The van der Waals surface area contributed by atoms with E-state index in [9.17, 15) is 22.8 Å². The van der Waals surface area contributed by atoms with Crippen molar-refractivity contribution in [3.05, 3.63) is 35.1 Å². The minimum absolute atomic E-state index is 0.208. The van der Waals surface area contributed by atoms with E-state index in [1.807, 2.05) is 0 Å². The Morgan fingerprint density at radius 2 is 1.92 bits per heavy atom. The van der Waals surface area contributed by atoms with Crippen LogP contribution < -0.4 is 0 Å². The van der Waals surface area contributed by atoms with Crippen molar-refractivity contribution in [2.45, 2.75) is 38.1 Å². The maximum atomic E-state index is 13.3. The predicted octanol–water partition coefficient (Wildman–Crippen LogP) is 2.76. The molecule has 0 spiro atoms. The summed E-state index contributed by atoms with van der Waals surface area (Å²) in [6.07, 6.45) is 1.71. The standard InChI is InChI=1S/C17H18F3NO3/c1-2-24-17(23)14-4-3-5-21(14)16(22)11-8-10(11)9-6-12(18)15(20)13(19)7-9/h6-7,10-11,14H,2-5,8H2,1H3/t10-,11+,14+/m0/s1. The van der Waals surface area contributed by atoms with E-state index >= 15 is 0 Å². The van der Waals surface area contributed by atoms with Gasteiger partial charge in [0.05, 0.1) is 6.61 Å². The molecule has 1 aliphatic carbocycles. The second-order valence-corrected chi connectivity index (χ2v) is 6.19. The zero-order valence-corrected chi connectivity index (χ0v) is 13.2. The average molecular weight is 341 g/mol. The Morgan fingerprint density at radius 1 is 1.25 bits per heavy atom. The van der Waals surface area contributed by atoms with Gasteiger partial charge in [0, 0.05) is 12.5 Å². The minimum Gasteiger partial charge on any atom is -0.464 e. The molecule has 0 aromatic heterocycles. The van der Waals surface area contributed by atoms with Gasteiger partial charge in [0.1, 0.15) is 6.04 Å². The van der Waals surface area contributed by atoms with Crippen molar-refractivity contribution < 1.29 is 27.5 Å². The third kappa shape index (κ3) is 2.99. The summed E-state index contributed by atoms with van der Waals surface area (Å²) in [5.74, 6) is -5.42. The van der Waals surface area contributed by atoms with Gasteiger partial charge in [-0.25, -0.2) is 18.0 Å². The summed E-state index contributed by atoms with van der Waals surface area (Å²) in [6, 6.07) is 1.28. The molecule has 1 amide bonds. The fraction of sp³-hybridized carbons (Fsp3) is 0.529. The lowest BCUT2D eigenvalue weighted by molar-refractivity contribution is -0.153. The number of hydrogen-bond donors (Lipinski definition) is 0. The summed E-state index contributed by atoms with van der Waals surface area (Å²) in [7, 11) is 0. The predicted molar refractivity (Wildman–Crippen MR) is 78.5 cm³/mol. The van der Waals surface area contributed by atoms with E-state index in [1.54, 1.807) is 6.92 Å². The van der Waals surface area contributed by atoms with E-state index in [0.29, 0.717) is 25.8 Å². The van der Waals surface area contributed by atoms with E-state index in [2.05, 4.69) is 0 Å². The molecule has 130 valence electrons. The number of nitrogens with zero attached hydrogens (tertiary/aromatic N) is 1. The molecule has 1 heterocycles. The van der Waals surface area contributed by atoms with Gasteiger partial charge in [-0.1, -0.05) is 0 Å². The molecule has 0 radical (unpaired) electrons. The largest absolute Gasteiger partial charge is 0.464 e. The lowest BCUT2D eigenvalue weighted by Crippen LogP contribution is -2.42. The maximum absolute atomic E-state index is 13.3. The molecular weight excluding hydrogens is 323 g/mol. The summed E-state index contributed by atoms with van der Waals surface area (Å²) in [5.41, 5.74) is 0.275. The van der Waals surface area contributed by atoms with Crippen LogP contribution in [0.2, 0.25) is 0 Å². The molecule has 1 aromatic rings. The quantitative estimate of drug-likeness (QED) is 0.625. The summed E-state index contributed by atoms with van der Waals surface area (Å²) in [6.45, 7) is 2.42.